The van der Waals surface area contributed by atoms with Gasteiger partial charge in [0.15, 0.2) is 0 Å². The minimum absolute atomic E-state index is 0.0809. The van der Waals surface area contributed by atoms with Crippen LogP contribution in [0.2, 0.25) is 18.1 Å². The summed E-state index contributed by atoms with van der Waals surface area (Å²) in [4.78, 5) is 0. The highest BCUT2D eigenvalue weighted by atomic mass is 31.2. The molecule has 0 saturated heterocycles. The Morgan fingerprint density at radius 3 is 1.13 bits per heavy atom. The normalized spacial score (nSPS) is 11.7. The van der Waals surface area contributed by atoms with Crippen LogP contribution in [0.3, 0.4) is 0 Å². The van der Waals surface area contributed by atoms with E-state index in [0.29, 0.717) is 5.69 Å². The van der Waals surface area contributed by atoms with Gasteiger partial charge >= 0.3 is 0 Å². The number of hydrogen-bond acceptors (Lipinski definition) is 1. The maximum absolute atomic E-state index is 17.4. The van der Waals surface area contributed by atoms with Gasteiger partial charge in [0.05, 0.1) is 29.9 Å². The van der Waals surface area contributed by atoms with E-state index in [-0.39, 0.29) is 5.82 Å². The predicted molar refractivity (Wildman–Crippen MR) is 212 cm³/mol. The molecule has 0 amide bonds. The third kappa shape index (κ3) is 8.69. The summed E-state index contributed by atoms with van der Waals surface area (Å²) in [6.45, 7) is 6.89. The molecule has 0 spiro atoms. The second-order valence-corrected chi connectivity index (χ2v) is 21.6. The van der Waals surface area contributed by atoms with Crippen molar-refractivity contribution in [3.63, 3.8) is 0 Å². The number of halogens is 1. The highest BCUT2D eigenvalue weighted by molar-refractivity contribution is 7.90. The number of unbranched alkanes of at least 4 members (excludes halogenated alkanes) is 3. The molecule has 5 heteroatoms. The van der Waals surface area contributed by atoms with E-state index >= 15 is 4.39 Å². The molecule has 0 aliphatic carbocycles. The quantitative estimate of drug-likeness (QED) is 0.0699. The average molecular weight is 678 g/mol. The van der Waals surface area contributed by atoms with Gasteiger partial charge in [0.25, 0.3) is 0 Å². The first-order valence-corrected chi connectivity index (χ1v) is 22.7. The molecule has 0 saturated carbocycles. The third-order valence-corrected chi connectivity index (χ3v) is 20.1. The van der Waals surface area contributed by atoms with E-state index in [2.05, 4.69) is 159 Å². The van der Waals surface area contributed by atoms with E-state index in [1.807, 2.05) is 6.07 Å². The minimum Gasteiger partial charge on any atom is -0.310 e. The first-order valence-electron chi connectivity index (χ1n) is 17.5. The molecule has 1 nitrogen and oxygen atoms in total. The van der Waals surface area contributed by atoms with Crippen molar-refractivity contribution in [1.29, 1.82) is 0 Å². The second-order valence-electron chi connectivity index (χ2n) is 12.5. The summed E-state index contributed by atoms with van der Waals surface area (Å²) < 4.78 is 19.9. The van der Waals surface area contributed by atoms with Gasteiger partial charge in [-0.3, -0.25) is 0 Å². The first-order chi connectivity index (χ1) is 23.1. The maximum atomic E-state index is 17.4. The molecule has 0 bridgehead atoms. The smallest absolute Gasteiger partial charge is 0.146 e. The average Bonchev–Trinajstić information content (AvgIpc) is 3.13. The highest BCUT2D eigenvalue weighted by Crippen LogP contribution is 2.57. The molecule has 244 valence electrons. The zero-order valence-electron chi connectivity index (χ0n) is 28.4. The molecule has 0 radical (unpaired) electrons. The summed E-state index contributed by atoms with van der Waals surface area (Å²) in [7, 11) is -4.13. The molecule has 5 rings (SSSR count). The molecule has 0 atom stereocenters. The summed E-state index contributed by atoms with van der Waals surface area (Å²) in [6, 6.07) is 53.3. The molecule has 0 aromatic heterocycles. The van der Waals surface area contributed by atoms with Gasteiger partial charge < -0.3 is 4.44 Å². The lowest BCUT2D eigenvalue weighted by Crippen LogP contribution is -2.47. The molecule has 0 aliphatic heterocycles. The summed E-state index contributed by atoms with van der Waals surface area (Å²) in [5, 5.41) is 6.19. The SMILES string of the molecule is CCCC[Si](CCCC)(CCCC)c1ccc(N(P(c2ccccc2)c2ccccc2)P(c2ccccc2)c2ccccc2)c(F)c1. The third-order valence-electron chi connectivity index (χ3n) is 9.18. The summed E-state index contributed by atoms with van der Waals surface area (Å²) >= 11 is 0. The monoisotopic (exact) mass is 677 g/mol. The first kappa shape index (κ1) is 35.2. The summed E-state index contributed by atoms with van der Waals surface area (Å²) in [5.41, 5.74) is 0.704. The molecular weight excluding hydrogens is 628 g/mol. The Balaban J connectivity index is 1.76. The number of anilines is 1. The molecule has 0 unspecified atom stereocenters. The zero-order chi connectivity index (χ0) is 32.9. The predicted octanol–water partition coefficient (Wildman–Crippen LogP) is 10.8. The van der Waals surface area contributed by atoms with E-state index < -0.39 is 24.2 Å². The Morgan fingerprint density at radius 1 is 0.489 bits per heavy atom. The Morgan fingerprint density at radius 2 is 0.830 bits per heavy atom. The van der Waals surface area contributed by atoms with E-state index in [1.165, 1.54) is 83.1 Å². The molecule has 0 N–H and O–H groups in total. The minimum atomic E-state index is -1.88. The van der Waals surface area contributed by atoms with Crippen LogP contribution < -0.4 is 30.8 Å². The molecule has 47 heavy (non-hydrogen) atoms. The van der Waals surface area contributed by atoms with Crippen molar-refractivity contribution in [3.05, 3.63) is 145 Å². The summed E-state index contributed by atoms with van der Waals surface area (Å²) in [6.07, 6.45) is 7.27. The van der Waals surface area contributed by atoms with Gasteiger partial charge in [-0.15, -0.1) is 0 Å². The molecule has 0 heterocycles. The van der Waals surface area contributed by atoms with E-state index in [9.17, 15) is 0 Å². The van der Waals surface area contributed by atoms with Crippen molar-refractivity contribution in [2.24, 2.45) is 0 Å². The largest absolute Gasteiger partial charge is 0.310 e. The van der Waals surface area contributed by atoms with Crippen LogP contribution in [0.1, 0.15) is 59.3 Å². The molecule has 5 aromatic rings. The van der Waals surface area contributed by atoms with E-state index in [1.54, 1.807) is 0 Å². The number of nitrogens with zero attached hydrogens (tertiary/aromatic N) is 1. The number of hydrogen-bond donors (Lipinski definition) is 0. The van der Waals surface area contributed by atoms with Crippen molar-refractivity contribution >= 4 is 56.3 Å². The molecule has 0 fully saturated rings. The van der Waals surface area contributed by atoms with Gasteiger partial charge in [0.2, 0.25) is 0 Å². The lowest BCUT2D eigenvalue weighted by atomic mass is 10.3. The van der Waals surface area contributed by atoms with Crippen LogP contribution in [0.4, 0.5) is 10.1 Å². The van der Waals surface area contributed by atoms with Gasteiger partial charge in [-0.2, -0.15) is 0 Å². The maximum Gasteiger partial charge on any atom is 0.146 e. The van der Waals surface area contributed by atoms with Gasteiger partial charge in [-0.25, -0.2) is 4.39 Å². The van der Waals surface area contributed by atoms with Crippen LogP contribution in [0.5, 0.6) is 0 Å². The van der Waals surface area contributed by atoms with Crippen LogP contribution in [0.15, 0.2) is 140 Å². The molecule has 5 aromatic carbocycles. The van der Waals surface area contributed by atoms with E-state index in [0.717, 1.165) is 0 Å². The summed E-state index contributed by atoms with van der Waals surface area (Å²) in [5.74, 6) is -0.0809. The Kier molecular flexibility index (Phi) is 13.4. The van der Waals surface area contributed by atoms with Crippen LogP contribution in [0.25, 0.3) is 0 Å². The van der Waals surface area contributed by atoms with Crippen molar-refractivity contribution in [2.75, 3.05) is 4.44 Å². The van der Waals surface area contributed by atoms with Crippen LogP contribution in [-0.4, -0.2) is 8.07 Å². The van der Waals surface area contributed by atoms with Crippen LogP contribution in [-0.2, 0) is 0 Å². The van der Waals surface area contributed by atoms with Crippen molar-refractivity contribution in [1.82, 2.24) is 0 Å². The fraction of sp³-hybridized carbons (Fsp3) is 0.286. The lowest BCUT2D eigenvalue weighted by molar-refractivity contribution is 0.632. The zero-order valence-corrected chi connectivity index (χ0v) is 31.2. The highest BCUT2D eigenvalue weighted by Gasteiger charge is 2.37. The Hall–Kier alpha value is -3.09. The van der Waals surface area contributed by atoms with E-state index in [4.69, 9.17) is 0 Å². The fourth-order valence-electron chi connectivity index (χ4n) is 6.67. The second kappa shape index (κ2) is 17.9. The van der Waals surface area contributed by atoms with Crippen molar-refractivity contribution in [2.45, 2.75) is 77.4 Å². The van der Waals surface area contributed by atoms with Crippen LogP contribution in [0, 0.1) is 5.82 Å². The van der Waals surface area contributed by atoms with Gasteiger partial charge in [0, 0.05) is 21.2 Å². The fourth-order valence-corrected chi connectivity index (χ4v) is 18.2. The van der Waals surface area contributed by atoms with Crippen molar-refractivity contribution < 1.29 is 4.39 Å². The van der Waals surface area contributed by atoms with Gasteiger partial charge in [-0.05, 0) is 12.1 Å². The Bertz CT molecular complexity index is 1430. The van der Waals surface area contributed by atoms with Gasteiger partial charge in [-0.1, -0.05) is 210 Å². The van der Waals surface area contributed by atoms with Gasteiger partial charge in [0.1, 0.15) is 5.82 Å². The standard InChI is InChI=1S/C42H50FNP2Si/c1-4-7-32-47(33-8-5-2,34-9-6-3)40-30-31-42(41(43)35-40)44(45(36-22-14-10-15-23-36)37-24-16-11-17-25-37)46(38-26-18-12-19-27-38)39-28-20-13-21-29-39/h10-31,35H,4-9,32-34H2,1-3H3. The molecule has 0 aliphatic rings. The topological polar surface area (TPSA) is 3.24 Å². The lowest BCUT2D eigenvalue weighted by Gasteiger charge is -2.41. The Labute approximate surface area is 286 Å². The number of benzene rings is 5. The number of rotatable bonds is 17. The van der Waals surface area contributed by atoms with Crippen molar-refractivity contribution in [3.8, 4) is 0 Å². The van der Waals surface area contributed by atoms with Crippen LogP contribution >= 0.6 is 16.1 Å². The molecular formula is C42H50FNP2Si.